The predicted molar refractivity (Wildman–Crippen MR) is 59.0 cm³/mol. The third kappa shape index (κ3) is 1.69. The van der Waals surface area contributed by atoms with Crippen LogP contribution in [0.15, 0.2) is 11.2 Å². The number of nitrogens with zero attached hydrogens (tertiary/aromatic N) is 3. The lowest BCUT2D eigenvalue weighted by molar-refractivity contribution is 0.518. The van der Waals surface area contributed by atoms with Crippen molar-refractivity contribution < 1.29 is 0 Å². The molecule has 0 spiro atoms. The molecule has 4 nitrogen and oxygen atoms in total. The number of hydrogen-bond donors (Lipinski definition) is 1. The van der Waals surface area contributed by atoms with Gasteiger partial charge in [-0.3, -0.25) is 4.99 Å². The Kier molecular flexibility index (Phi) is 2.60. The molecule has 6 heteroatoms. The van der Waals surface area contributed by atoms with Crippen LogP contribution in [-0.4, -0.2) is 36.5 Å². The van der Waals surface area contributed by atoms with Crippen molar-refractivity contribution in [2.24, 2.45) is 4.99 Å². The summed E-state index contributed by atoms with van der Waals surface area (Å²) in [7, 11) is 3.79. The number of halogens is 1. The fourth-order valence-electron chi connectivity index (χ4n) is 1.49. The fraction of sp³-hybridized carbons (Fsp3) is 0.500. The quantitative estimate of drug-likeness (QED) is 0.792. The Balaban J connectivity index is 2.16. The predicted octanol–water partition coefficient (Wildman–Crippen LogP) is 1.36. The molecule has 0 saturated carbocycles. The molecule has 0 aliphatic carbocycles. The normalized spacial score (nSPS) is 24.4. The van der Waals surface area contributed by atoms with Gasteiger partial charge in [-0.1, -0.05) is 11.6 Å². The van der Waals surface area contributed by atoms with E-state index < -0.39 is 0 Å². The zero-order chi connectivity index (χ0) is 10.1. The summed E-state index contributed by atoms with van der Waals surface area (Å²) in [6.07, 6.45) is 1.82. The molecule has 0 radical (unpaired) electrons. The summed E-state index contributed by atoms with van der Waals surface area (Å²) in [6.45, 7) is 0.908. The molecule has 1 fully saturated rings. The van der Waals surface area contributed by atoms with Gasteiger partial charge in [-0.2, -0.15) is 0 Å². The van der Waals surface area contributed by atoms with Gasteiger partial charge in [0.25, 0.3) is 0 Å². The highest BCUT2D eigenvalue weighted by Crippen LogP contribution is 2.26. The van der Waals surface area contributed by atoms with E-state index in [1.807, 2.05) is 13.2 Å². The van der Waals surface area contributed by atoms with Crippen LogP contribution in [-0.2, 0) is 0 Å². The Labute approximate surface area is 91.6 Å². The maximum absolute atomic E-state index is 5.78. The Morgan fingerprint density at radius 2 is 2.57 bits per heavy atom. The van der Waals surface area contributed by atoms with Crippen LogP contribution in [0.2, 0.25) is 4.47 Å². The topological polar surface area (TPSA) is 40.5 Å². The lowest BCUT2D eigenvalue weighted by Crippen LogP contribution is -2.26. The van der Waals surface area contributed by atoms with E-state index in [0.717, 1.165) is 17.4 Å². The van der Waals surface area contributed by atoms with Crippen molar-refractivity contribution in [3.63, 3.8) is 0 Å². The molecule has 1 saturated heterocycles. The summed E-state index contributed by atoms with van der Waals surface area (Å²) in [5.74, 6) is 0.916. The summed E-state index contributed by atoms with van der Waals surface area (Å²) < 4.78 is 0.589. The van der Waals surface area contributed by atoms with Gasteiger partial charge in [-0.25, -0.2) is 4.98 Å². The van der Waals surface area contributed by atoms with Crippen molar-refractivity contribution in [3.05, 3.63) is 15.5 Å². The van der Waals surface area contributed by atoms with Crippen molar-refractivity contribution in [2.45, 2.75) is 6.04 Å². The molecule has 76 valence electrons. The Hall–Kier alpha value is -0.810. The van der Waals surface area contributed by atoms with Gasteiger partial charge in [0.15, 0.2) is 10.4 Å². The smallest absolute Gasteiger partial charge is 0.194 e. The molecule has 0 bridgehead atoms. The number of hydrogen-bond acceptors (Lipinski definition) is 3. The van der Waals surface area contributed by atoms with Gasteiger partial charge in [0, 0.05) is 26.8 Å². The van der Waals surface area contributed by atoms with E-state index in [1.165, 1.54) is 11.3 Å². The van der Waals surface area contributed by atoms with Gasteiger partial charge >= 0.3 is 0 Å². The number of nitrogens with one attached hydrogen (secondary N) is 1. The van der Waals surface area contributed by atoms with Gasteiger partial charge < -0.3 is 10.2 Å². The van der Waals surface area contributed by atoms with Gasteiger partial charge in [-0.15, -0.1) is 11.3 Å². The average Bonchev–Trinajstić information content (AvgIpc) is 2.71. The number of guanidine groups is 1. The molecule has 1 aromatic rings. The van der Waals surface area contributed by atoms with Crippen molar-refractivity contribution in [1.82, 2.24) is 15.2 Å². The zero-order valence-corrected chi connectivity index (χ0v) is 9.56. The highest BCUT2D eigenvalue weighted by molar-refractivity contribution is 7.15. The minimum atomic E-state index is 0.267. The highest BCUT2D eigenvalue weighted by atomic mass is 35.5. The molecule has 1 unspecified atom stereocenters. The second-order valence-electron chi connectivity index (χ2n) is 3.14. The van der Waals surface area contributed by atoms with E-state index in [9.17, 15) is 0 Å². The lowest BCUT2D eigenvalue weighted by Gasteiger charge is -2.07. The van der Waals surface area contributed by atoms with Crippen LogP contribution in [0, 0.1) is 0 Å². The summed E-state index contributed by atoms with van der Waals surface area (Å²) in [5, 5.41) is 3.31. The Morgan fingerprint density at radius 1 is 1.79 bits per heavy atom. The minimum absolute atomic E-state index is 0.267. The molecule has 14 heavy (non-hydrogen) atoms. The molecule has 0 aromatic carbocycles. The number of likely N-dealkylation sites (N-methyl/N-ethyl adjacent to an activating group) is 1. The van der Waals surface area contributed by atoms with Crippen LogP contribution in [0.1, 0.15) is 10.9 Å². The largest absolute Gasteiger partial charge is 0.347 e. The first-order chi connectivity index (χ1) is 6.70. The first-order valence-electron chi connectivity index (χ1n) is 4.26. The van der Waals surface area contributed by atoms with Crippen molar-refractivity contribution in [1.29, 1.82) is 0 Å². The minimum Gasteiger partial charge on any atom is -0.347 e. The molecule has 1 aliphatic rings. The van der Waals surface area contributed by atoms with Crippen molar-refractivity contribution in [2.75, 3.05) is 20.6 Å². The summed E-state index contributed by atoms with van der Waals surface area (Å²) in [6, 6.07) is 0.267. The first-order valence-corrected chi connectivity index (χ1v) is 5.46. The first kappa shape index (κ1) is 9.73. The van der Waals surface area contributed by atoms with E-state index in [4.69, 9.17) is 11.6 Å². The number of aromatic nitrogens is 1. The number of rotatable bonds is 1. The molecular formula is C8H11ClN4S. The SMILES string of the molecule is C/N=C1/NC(c2cnc(Cl)s2)CN1C. The van der Waals surface area contributed by atoms with Crippen LogP contribution >= 0.6 is 22.9 Å². The number of aliphatic imine (C=N–C) groups is 1. The van der Waals surface area contributed by atoms with E-state index in [-0.39, 0.29) is 6.04 Å². The molecular weight excluding hydrogens is 220 g/mol. The Morgan fingerprint density at radius 3 is 3.07 bits per heavy atom. The van der Waals surface area contributed by atoms with Gasteiger partial charge in [0.2, 0.25) is 0 Å². The maximum atomic E-state index is 5.78. The standard InChI is InChI=1S/C8H11ClN4S/c1-10-8-12-5(4-13(8)2)6-3-11-7(9)14-6/h3,5H,4H2,1-2H3,(H,10,12). The van der Waals surface area contributed by atoms with Crippen LogP contribution in [0.3, 0.4) is 0 Å². The van der Waals surface area contributed by atoms with Crippen LogP contribution in [0.25, 0.3) is 0 Å². The molecule has 2 rings (SSSR count). The van der Waals surface area contributed by atoms with Crippen LogP contribution < -0.4 is 5.32 Å². The van der Waals surface area contributed by atoms with Crippen LogP contribution in [0.4, 0.5) is 0 Å². The van der Waals surface area contributed by atoms with Gasteiger partial charge in [-0.05, 0) is 0 Å². The van der Waals surface area contributed by atoms with Crippen molar-refractivity contribution >= 4 is 28.9 Å². The van der Waals surface area contributed by atoms with E-state index in [2.05, 4.69) is 20.2 Å². The van der Waals surface area contributed by atoms with E-state index in [1.54, 1.807) is 7.05 Å². The van der Waals surface area contributed by atoms with Crippen LogP contribution in [0.5, 0.6) is 0 Å². The average molecular weight is 231 g/mol. The van der Waals surface area contributed by atoms with E-state index >= 15 is 0 Å². The molecule has 2 heterocycles. The monoisotopic (exact) mass is 230 g/mol. The third-order valence-electron chi connectivity index (χ3n) is 2.17. The van der Waals surface area contributed by atoms with E-state index in [0.29, 0.717) is 4.47 Å². The third-order valence-corrected chi connectivity index (χ3v) is 3.40. The molecule has 1 N–H and O–H groups in total. The second-order valence-corrected chi connectivity index (χ2v) is 4.78. The summed E-state index contributed by atoms with van der Waals surface area (Å²) in [5.41, 5.74) is 0. The van der Waals surface area contributed by atoms with Gasteiger partial charge in [0.1, 0.15) is 0 Å². The van der Waals surface area contributed by atoms with Crippen molar-refractivity contribution in [3.8, 4) is 0 Å². The Bertz CT molecular complexity index is 362. The molecule has 1 aliphatic heterocycles. The summed E-state index contributed by atoms with van der Waals surface area (Å²) >= 11 is 7.29. The molecule has 0 amide bonds. The van der Waals surface area contributed by atoms with Gasteiger partial charge in [0.05, 0.1) is 10.9 Å². The number of thiazole rings is 1. The lowest BCUT2D eigenvalue weighted by atomic mass is 10.3. The molecule has 1 aromatic heterocycles. The fourth-order valence-corrected chi connectivity index (χ4v) is 2.49. The maximum Gasteiger partial charge on any atom is 0.194 e. The summed E-state index contributed by atoms with van der Waals surface area (Å²) in [4.78, 5) is 11.4. The highest BCUT2D eigenvalue weighted by Gasteiger charge is 2.26. The zero-order valence-electron chi connectivity index (χ0n) is 7.99. The second kappa shape index (κ2) is 3.74. The molecule has 1 atom stereocenters.